The second-order valence-electron chi connectivity index (χ2n) is 7.70. The van der Waals surface area contributed by atoms with Crippen LogP contribution < -0.4 is 5.73 Å². The quantitative estimate of drug-likeness (QED) is 0.742. The van der Waals surface area contributed by atoms with Gasteiger partial charge in [-0.05, 0) is 43.4 Å². The van der Waals surface area contributed by atoms with Crippen LogP contribution in [-0.2, 0) is 0 Å². The standard InChI is InChI=1S/C18H33N/c19-18(16-11-5-2-6-12-16)14-8-7-13-17(18)15-9-3-1-4-10-15/h15-17H,1-14,19H2. The third kappa shape index (κ3) is 2.86. The topological polar surface area (TPSA) is 26.0 Å². The molecular formula is C18H33N. The van der Waals surface area contributed by atoms with Crippen molar-refractivity contribution in [2.75, 3.05) is 0 Å². The van der Waals surface area contributed by atoms with Crippen LogP contribution in [0.5, 0.6) is 0 Å². The zero-order valence-electron chi connectivity index (χ0n) is 12.7. The van der Waals surface area contributed by atoms with E-state index in [9.17, 15) is 0 Å². The minimum absolute atomic E-state index is 0.223. The van der Waals surface area contributed by atoms with E-state index in [0.717, 1.165) is 17.8 Å². The van der Waals surface area contributed by atoms with Gasteiger partial charge in [-0.2, -0.15) is 0 Å². The van der Waals surface area contributed by atoms with E-state index in [1.54, 1.807) is 0 Å². The van der Waals surface area contributed by atoms with Gasteiger partial charge in [0.2, 0.25) is 0 Å². The van der Waals surface area contributed by atoms with E-state index in [0.29, 0.717) is 0 Å². The highest BCUT2D eigenvalue weighted by Crippen LogP contribution is 2.48. The molecule has 3 fully saturated rings. The molecule has 1 nitrogen and oxygen atoms in total. The van der Waals surface area contributed by atoms with Crippen LogP contribution in [0.25, 0.3) is 0 Å². The van der Waals surface area contributed by atoms with Crippen molar-refractivity contribution in [2.24, 2.45) is 23.5 Å². The molecule has 110 valence electrons. The Hall–Kier alpha value is -0.0400. The molecule has 0 aromatic heterocycles. The summed E-state index contributed by atoms with van der Waals surface area (Å²) in [7, 11) is 0. The SMILES string of the molecule is NC1(C2CCCCC2)CCCCC1C1CCCCC1. The average molecular weight is 263 g/mol. The van der Waals surface area contributed by atoms with E-state index in [4.69, 9.17) is 5.73 Å². The minimum atomic E-state index is 0.223. The molecular weight excluding hydrogens is 230 g/mol. The van der Waals surface area contributed by atoms with Gasteiger partial charge in [0, 0.05) is 5.54 Å². The summed E-state index contributed by atoms with van der Waals surface area (Å²) < 4.78 is 0. The van der Waals surface area contributed by atoms with Crippen LogP contribution in [0.3, 0.4) is 0 Å². The fourth-order valence-corrected chi connectivity index (χ4v) is 5.61. The molecule has 0 radical (unpaired) electrons. The molecule has 0 heterocycles. The molecule has 19 heavy (non-hydrogen) atoms. The van der Waals surface area contributed by atoms with E-state index in [-0.39, 0.29) is 5.54 Å². The summed E-state index contributed by atoms with van der Waals surface area (Å²) in [4.78, 5) is 0. The highest BCUT2D eigenvalue weighted by molar-refractivity contribution is 5.02. The second-order valence-corrected chi connectivity index (χ2v) is 7.70. The fourth-order valence-electron chi connectivity index (χ4n) is 5.61. The van der Waals surface area contributed by atoms with Crippen LogP contribution in [0.15, 0.2) is 0 Å². The van der Waals surface area contributed by atoms with E-state index < -0.39 is 0 Å². The monoisotopic (exact) mass is 263 g/mol. The van der Waals surface area contributed by atoms with Crippen LogP contribution in [-0.4, -0.2) is 5.54 Å². The van der Waals surface area contributed by atoms with Crippen LogP contribution in [0.2, 0.25) is 0 Å². The predicted molar refractivity (Wildman–Crippen MR) is 82.0 cm³/mol. The largest absolute Gasteiger partial charge is 0.325 e. The Morgan fingerprint density at radius 2 is 1.21 bits per heavy atom. The maximum absolute atomic E-state index is 7.11. The Morgan fingerprint density at radius 1 is 0.632 bits per heavy atom. The van der Waals surface area contributed by atoms with Crippen molar-refractivity contribution in [2.45, 2.75) is 95.4 Å². The van der Waals surface area contributed by atoms with Crippen molar-refractivity contribution in [3.8, 4) is 0 Å². The van der Waals surface area contributed by atoms with E-state index in [2.05, 4.69) is 0 Å². The number of hydrogen-bond acceptors (Lipinski definition) is 1. The average Bonchev–Trinajstić information content (AvgIpc) is 2.49. The van der Waals surface area contributed by atoms with Crippen LogP contribution >= 0.6 is 0 Å². The lowest BCUT2D eigenvalue weighted by Gasteiger charge is -2.51. The molecule has 0 saturated heterocycles. The van der Waals surface area contributed by atoms with Gasteiger partial charge in [0.25, 0.3) is 0 Å². The first-order valence-electron chi connectivity index (χ1n) is 9.09. The Kier molecular flexibility index (Phi) is 4.51. The Morgan fingerprint density at radius 3 is 1.89 bits per heavy atom. The molecule has 2 unspecified atom stereocenters. The molecule has 0 amide bonds. The third-order valence-electron chi connectivity index (χ3n) is 6.65. The van der Waals surface area contributed by atoms with Gasteiger partial charge in [0.1, 0.15) is 0 Å². The Balaban J connectivity index is 1.74. The predicted octanol–water partition coefficient (Wildman–Crippen LogP) is 5.03. The molecule has 0 spiro atoms. The van der Waals surface area contributed by atoms with Gasteiger partial charge >= 0.3 is 0 Å². The Labute approximate surface area is 119 Å². The summed E-state index contributed by atoms with van der Waals surface area (Å²) in [6.45, 7) is 0. The summed E-state index contributed by atoms with van der Waals surface area (Å²) >= 11 is 0. The molecule has 3 aliphatic rings. The Bertz CT molecular complexity index is 275. The first-order chi connectivity index (χ1) is 9.31. The van der Waals surface area contributed by atoms with Crippen molar-refractivity contribution in [1.29, 1.82) is 0 Å². The first kappa shape index (κ1) is 13.9. The van der Waals surface area contributed by atoms with Crippen molar-refractivity contribution in [3.63, 3.8) is 0 Å². The van der Waals surface area contributed by atoms with E-state index in [1.807, 2.05) is 0 Å². The number of hydrogen-bond donors (Lipinski definition) is 1. The zero-order chi connectivity index (χ0) is 13.1. The second kappa shape index (κ2) is 6.16. The molecule has 0 aliphatic heterocycles. The van der Waals surface area contributed by atoms with Gasteiger partial charge in [0.15, 0.2) is 0 Å². The van der Waals surface area contributed by atoms with Gasteiger partial charge in [-0.25, -0.2) is 0 Å². The van der Waals surface area contributed by atoms with E-state index in [1.165, 1.54) is 89.9 Å². The molecule has 3 aliphatic carbocycles. The normalized spacial score (nSPS) is 39.3. The van der Waals surface area contributed by atoms with Crippen molar-refractivity contribution < 1.29 is 0 Å². The van der Waals surface area contributed by atoms with Gasteiger partial charge in [-0.1, -0.05) is 64.2 Å². The molecule has 3 saturated carbocycles. The van der Waals surface area contributed by atoms with E-state index >= 15 is 0 Å². The number of rotatable bonds is 2. The van der Waals surface area contributed by atoms with Crippen molar-refractivity contribution in [3.05, 3.63) is 0 Å². The smallest absolute Gasteiger partial charge is 0.0214 e. The summed E-state index contributed by atoms with van der Waals surface area (Å²) in [5.41, 5.74) is 7.33. The summed E-state index contributed by atoms with van der Waals surface area (Å²) in [6.07, 6.45) is 20.2. The number of nitrogens with two attached hydrogens (primary N) is 1. The minimum Gasteiger partial charge on any atom is -0.325 e. The van der Waals surface area contributed by atoms with Crippen molar-refractivity contribution in [1.82, 2.24) is 0 Å². The van der Waals surface area contributed by atoms with Crippen molar-refractivity contribution >= 4 is 0 Å². The molecule has 1 heteroatoms. The summed E-state index contributed by atoms with van der Waals surface area (Å²) in [5, 5.41) is 0. The highest BCUT2D eigenvalue weighted by atomic mass is 14.8. The van der Waals surface area contributed by atoms with Gasteiger partial charge in [-0.15, -0.1) is 0 Å². The van der Waals surface area contributed by atoms with Crippen LogP contribution in [0, 0.1) is 17.8 Å². The summed E-state index contributed by atoms with van der Waals surface area (Å²) in [6, 6.07) is 0. The zero-order valence-corrected chi connectivity index (χ0v) is 12.7. The highest BCUT2D eigenvalue weighted by Gasteiger charge is 2.46. The van der Waals surface area contributed by atoms with Gasteiger partial charge < -0.3 is 5.73 Å². The van der Waals surface area contributed by atoms with Gasteiger partial charge in [-0.3, -0.25) is 0 Å². The lowest BCUT2D eigenvalue weighted by molar-refractivity contribution is 0.0387. The molecule has 0 aromatic rings. The molecule has 0 aromatic carbocycles. The van der Waals surface area contributed by atoms with Crippen LogP contribution in [0.4, 0.5) is 0 Å². The first-order valence-corrected chi connectivity index (χ1v) is 9.09. The fraction of sp³-hybridized carbons (Fsp3) is 1.00. The van der Waals surface area contributed by atoms with Crippen LogP contribution in [0.1, 0.15) is 89.9 Å². The third-order valence-corrected chi connectivity index (χ3v) is 6.65. The lowest BCUT2D eigenvalue weighted by Crippen LogP contribution is -2.57. The maximum Gasteiger partial charge on any atom is 0.0214 e. The molecule has 0 bridgehead atoms. The maximum atomic E-state index is 7.11. The molecule has 2 atom stereocenters. The lowest BCUT2D eigenvalue weighted by atomic mass is 9.57. The molecule has 2 N–H and O–H groups in total. The molecule has 3 rings (SSSR count). The van der Waals surface area contributed by atoms with Gasteiger partial charge in [0.05, 0.1) is 0 Å². The summed E-state index contributed by atoms with van der Waals surface area (Å²) in [5.74, 6) is 2.69.